The van der Waals surface area contributed by atoms with Gasteiger partial charge in [-0.3, -0.25) is 10.1 Å². The van der Waals surface area contributed by atoms with Gasteiger partial charge in [0.25, 0.3) is 0 Å². The molecule has 10 heteroatoms. The molecule has 0 bridgehead atoms. The number of benzene rings is 1. The predicted molar refractivity (Wildman–Crippen MR) is 97.1 cm³/mol. The number of ether oxygens (including phenoxy) is 1. The van der Waals surface area contributed by atoms with Gasteiger partial charge >= 0.3 is 17.6 Å². The lowest BCUT2D eigenvalue weighted by molar-refractivity contribution is -0.385. The van der Waals surface area contributed by atoms with E-state index in [-0.39, 0.29) is 10.6 Å². The minimum absolute atomic E-state index is 0.0529. The molecule has 0 aliphatic carbocycles. The molecule has 10 nitrogen and oxygen atoms in total. The Morgan fingerprint density at radius 1 is 1.22 bits per heavy atom. The fourth-order valence-corrected chi connectivity index (χ4v) is 2.45. The zero-order valence-electron chi connectivity index (χ0n) is 15.2. The Bertz CT molecular complexity index is 633. The molecule has 150 valence electrons. The third kappa shape index (κ3) is 8.97. The maximum Gasteiger partial charge on any atom is 0.414 e. The quantitative estimate of drug-likeness (QED) is 0.273. The van der Waals surface area contributed by atoms with Crippen LogP contribution in [0.25, 0.3) is 0 Å². The molecular formula is C17H25N3O7. The molecule has 1 heterocycles. The molecule has 0 atom stereocenters. The molecule has 1 aliphatic rings. The molecule has 1 aromatic rings. The molecule has 1 aliphatic heterocycles. The number of hydrogen-bond acceptors (Lipinski definition) is 7. The summed E-state index contributed by atoms with van der Waals surface area (Å²) >= 11 is 0. The first-order valence-corrected chi connectivity index (χ1v) is 8.58. The van der Waals surface area contributed by atoms with Crippen molar-refractivity contribution < 1.29 is 29.5 Å². The molecule has 1 aromatic carbocycles. The van der Waals surface area contributed by atoms with Crippen molar-refractivity contribution in [1.29, 1.82) is 0 Å². The number of rotatable bonds is 7. The second kappa shape index (κ2) is 11.8. The maximum absolute atomic E-state index is 11.0. The average molecular weight is 383 g/mol. The van der Waals surface area contributed by atoms with E-state index in [1.807, 2.05) is 13.0 Å². The van der Waals surface area contributed by atoms with Gasteiger partial charge in [0.1, 0.15) is 0 Å². The third-order valence-corrected chi connectivity index (χ3v) is 3.83. The molecule has 0 saturated carbocycles. The molecule has 0 unspecified atom stereocenters. The van der Waals surface area contributed by atoms with Gasteiger partial charge in [0.2, 0.25) is 0 Å². The van der Waals surface area contributed by atoms with Crippen LogP contribution in [0, 0.1) is 17.0 Å². The fourth-order valence-electron chi connectivity index (χ4n) is 2.45. The lowest BCUT2D eigenvalue weighted by Gasteiger charge is -2.26. The number of carbonyl (C=O) groups is 2. The van der Waals surface area contributed by atoms with Gasteiger partial charge in [0, 0.05) is 32.2 Å². The molecule has 1 fully saturated rings. The SMILES string of the molecule is Cc1ccc(OCCCCN2CCNCC2)c([N+](=O)[O-])c1.O=C(O)C(=O)O. The van der Waals surface area contributed by atoms with Crippen LogP contribution in [0.5, 0.6) is 5.75 Å². The van der Waals surface area contributed by atoms with E-state index in [2.05, 4.69) is 10.2 Å². The average Bonchev–Trinajstić information content (AvgIpc) is 2.63. The van der Waals surface area contributed by atoms with E-state index in [0.717, 1.165) is 51.1 Å². The summed E-state index contributed by atoms with van der Waals surface area (Å²) in [7, 11) is 0. The molecule has 1 saturated heterocycles. The van der Waals surface area contributed by atoms with Crippen LogP contribution in [0.15, 0.2) is 18.2 Å². The van der Waals surface area contributed by atoms with Crippen molar-refractivity contribution in [1.82, 2.24) is 10.2 Å². The van der Waals surface area contributed by atoms with Crippen molar-refractivity contribution in [2.75, 3.05) is 39.3 Å². The van der Waals surface area contributed by atoms with Crippen molar-refractivity contribution in [2.24, 2.45) is 0 Å². The summed E-state index contributed by atoms with van der Waals surface area (Å²) in [5, 5.41) is 29.1. The molecule has 0 spiro atoms. The first-order valence-electron chi connectivity index (χ1n) is 8.58. The van der Waals surface area contributed by atoms with Crippen molar-refractivity contribution in [3.05, 3.63) is 33.9 Å². The minimum atomic E-state index is -1.82. The van der Waals surface area contributed by atoms with Crippen LogP contribution < -0.4 is 10.1 Å². The highest BCUT2D eigenvalue weighted by atomic mass is 16.6. The van der Waals surface area contributed by atoms with Gasteiger partial charge in [-0.05, 0) is 37.9 Å². The largest absolute Gasteiger partial charge is 0.487 e. The number of piperazine rings is 1. The van der Waals surface area contributed by atoms with Crippen molar-refractivity contribution in [3.63, 3.8) is 0 Å². The highest BCUT2D eigenvalue weighted by molar-refractivity contribution is 6.27. The number of nitro groups is 1. The van der Waals surface area contributed by atoms with Crippen LogP contribution in [0.4, 0.5) is 5.69 Å². The second-order valence-electron chi connectivity index (χ2n) is 5.99. The number of nitro benzene ring substituents is 1. The summed E-state index contributed by atoms with van der Waals surface area (Å²) < 4.78 is 5.57. The number of nitrogens with one attached hydrogen (secondary N) is 1. The molecule has 27 heavy (non-hydrogen) atoms. The number of aliphatic carboxylic acids is 2. The van der Waals surface area contributed by atoms with Crippen LogP contribution in [0.3, 0.4) is 0 Å². The molecule has 3 N–H and O–H groups in total. The normalized spacial score (nSPS) is 14.0. The number of aryl methyl sites for hydroxylation is 1. The number of nitrogens with zero attached hydrogens (tertiary/aromatic N) is 2. The van der Waals surface area contributed by atoms with E-state index in [4.69, 9.17) is 24.5 Å². The Morgan fingerprint density at radius 3 is 2.41 bits per heavy atom. The Balaban J connectivity index is 0.000000527. The van der Waals surface area contributed by atoms with E-state index < -0.39 is 11.9 Å². The fraction of sp³-hybridized carbons (Fsp3) is 0.529. The lowest BCUT2D eigenvalue weighted by Crippen LogP contribution is -2.43. The molecule has 0 amide bonds. The van der Waals surface area contributed by atoms with Gasteiger partial charge in [0.05, 0.1) is 11.5 Å². The van der Waals surface area contributed by atoms with Crippen molar-refractivity contribution in [2.45, 2.75) is 19.8 Å². The Labute approximate surface area is 156 Å². The first kappa shape index (κ1) is 22.3. The van der Waals surface area contributed by atoms with Crippen molar-refractivity contribution in [3.8, 4) is 5.75 Å². The third-order valence-electron chi connectivity index (χ3n) is 3.83. The zero-order chi connectivity index (χ0) is 20.2. The molecule has 0 radical (unpaired) electrons. The Morgan fingerprint density at radius 2 is 1.85 bits per heavy atom. The van der Waals surface area contributed by atoms with E-state index >= 15 is 0 Å². The monoisotopic (exact) mass is 383 g/mol. The van der Waals surface area contributed by atoms with Gasteiger partial charge in [0.15, 0.2) is 5.75 Å². The van der Waals surface area contributed by atoms with Crippen LogP contribution in [-0.4, -0.2) is 71.3 Å². The molecule has 0 aromatic heterocycles. The Hall–Kier alpha value is -2.72. The molecule has 2 rings (SSSR count). The first-order chi connectivity index (χ1) is 12.8. The van der Waals surface area contributed by atoms with Crippen LogP contribution in [0.2, 0.25) is 0 Å². The Kier molecular flexibility index (Phi) is 9.76. The van der Waals surface area contributed by atoms with Gasteiger partial charge in [-0.25, -0.2) is 9.59 Å². The van der Waals surface area contributed by atoms with Crippen LogP contribution in [0.1, 0.15) is 18.4 Å². The summed E-state index contributed by atoms with van der Waals surface area (Å²) in [5.74, 6) is -3.28. The zero-order valence-corrected chi connectivity index (χ0v) is 15.2. The second-order valence-corrected chi connectivity index (χ2v) is 5.99. The topological polar surface area (TPSA) is 142 Å². The number of carboxylic acids is 2. The van der Waals surface area contributed by atoms with Gasteiger partial charge in [-0.15, -0.1) is 0 Å². The van der Waals surface area contributed by atoms with Crippen LogP contribution in [-0.2, 0) is 9.59 Å². The highest BCUT2D eigenvalue weighted by Crippen LogP contribution is 2.27. The minimum Gasteiger partial charge on any atom is -0.487 e. The molecular weight excluding hydrogens is 358 g/mol. The summed E-state index contributed by atoms with van der Waals surface area (Å²) in [6.45, 7) is 7.76. The van der Waals surface area contributed by atoms with Gasteiger partial charge in [-0.1, -0.05) is 6.07 Å². The lowest BCUT2D eigenvalue weighted by atomic mass is 10.2. The summed E-state index contributed by atoms with van der Waals surface area (Å²) in [6, 6.07) is 5.07. The summed E-state index contributed by atoms with van der Waals surface area (Å²) in [5.41, 5.74) is 0.921. The van der Waals surface area contributed by atoms with E-state index in [9.17, 15) is 10.1 Å². The van der Waals surface area contributed by atoms with E-state index in [1.165, 1.54) is 0 Å². The maximum atomic E-state index is 11.0. The standard InChI is InChI=1S/C15H23N3O3.C2H2O4/c1-13-4-5-15(14(12-13)18(19)20)21-11-3-2-8-17-9-6-16-7-10-17;3-1(4)2(5)6/h4-5,12,16H,2-3,6-11H2,1H3;(H,3,4)(H,5,6). The predicted octanol–water partition coefficient (Wildman–Crippen LogP) is 1.12. The highest BCUT2D eigenvalue weighted by Gasteiger charge is 2.15. The van der Waals surface area contributed by atoms with Gasteiger partial charge < -0.3 is 25.2 Å². The number of hydrogen-bond donors (Lipinski definition) is 3. The van der Waals surface area contributed by atoms with E-state index in [0.29, 0.717) is 12.4 Å². The smallest absolute Gasteiger partial charge is 0.414 e. The summed E-state index contributed by atoms with van der Waals surface area (Å²) in [6.07, 6.45) is 1.97. The van der Waals surface area contributed by atoms with Crippen LogP contribution >= 0.6 is 0 Å². The van der Waals surface area contributed by atoms with Crippen molar-refractivity contribution >= 4 is 17.6 Å². The number of carboxylic acid groups (broad SMARTS) is 2. The van der Waals surface area contributed by atoms with E-state index in [1.54, 1.807) is 12.1 Å². The summed E-state index contributed by atoms with van der Waals surface area (Å²) in [4.78, 5) is 31.2. The number of unbranched alkanes of at least 4 members (excludes halogenated alkanes) is 1. The van der Waals surface area contributed by atoms with Gasteiger partial charge in [-0.2, -0.15) is 0 Å².